The van der Waals surface area contributed by atoms with Crippen molar-refractivity contribution in [2.24, 2.45) is 0 Å². The summed E-state index contributed by atoms with van der Waals surface area (Å²) in [5.41, 5.74) is 0.942. The van der Waals surface area contributed by atoms with E-state index in [4.69, 9.17) is 4.74 Å². The SMILES string of the molecule is c1ccc(-n2nnnc2NCC2CCCO2)cc1. The molecule has 3 rings (SSSR count). The molecule has 1 N–H and O–H groups in total. The van der Waals surface area contributed by atoms with E-state index in [2.05, 4.69) is 20.8 Å². The predicted octanol–water partition coefficient (Wildman–Crippen LogP) is 1.25. The molecule has 0 spiro atoms. The van der Waals surface area contributed by atoms with Gasteiger partial charge in [-0.3, -0.25) is 0 Å². The number of rotatable bonds is 4. The van der Waals surface area contributed by atoms with Crippen LogP contribution in [-0.2, 0) is 4.74 Å². The van der Waals surface area contributed by atoms with Crippen molar-refractivity contribution >= 4 is 5.95 Å². The van der Waals surface area contributed by atoms with E-state index >= 15 is 0 Å². The lowest BCUT2D eigenvalue weighted by Gasteiger charge is -2.11. The van der Waals surface area contributed by atoms with Gasteiger partial charge in [0, 0.05) is 13.2 Å². The number of para-hydroxylation sites is 1. The molecule has 0 radical (unpaired) electrons. The first-order valence-electron chi connectivity index (χ1n) is 6.13. The van der Waals surface area contributed by atoms with Gasteiger partial charge in [-0.05, 0) is 35.4 Å². The highest BCUT2D eigenvalue weighted by atomic mass is 16.5. The van der Waals surface area contributed by atoms with E-state index in [9.17, 15) is 0 Å². The Labute approximate surface area is 105 Å². The molecule has 1 saturated heterocycles. The molecule has 6 nitrogen and oxygen atoms in total. The van der Waals surface area contributed by atoms with Crippen molar-refractivity contribution in [3.8, 4) is 5.69 Å². The monoisotopic (exact) mass is 245 g/mol. The van der Waals surface area contributed by atoms with Gasteiger partial charge in [-0.1, -0.05) is 23.3 Å². The molecule has 1 atom stereocenters. The van der Waals surface area contributed by atoms with Gasteiger partial charge < -0.3 is 10.1 Å². The summed E-state index contributed by atoms with van der Waals surface area (Å²) in [5.74, 6) is 0.650. The van der Waals surface area contributed by atoms with Crippen molar-refractivity contribution in [1.29, 1.82) is 0 Å². The van der Waals surface area contributed by atoms with E-state index in [0.29, 0.717) is 5.95 Å². The van der Waals surface area contributed by atoms with Crippen molar-refractivity contribution in [2.75, 3.05) is 18.5 Å². The molecule has 0 saturated carbocycles. The Morgan fingerprint density at radius 2 is 2.22 bits per heavy atom. The molecular formula is C12H15N5O. The summed E-state index contributed by atoms with van der Waals surface area (Å²) in [4.78, 5) is 0. The van der Waals surface area contributed by atoms with Crippen LogP contribution >= 0.6 is 0 Å². The van der Waals surface area contributed by atoms with Gasteiger partial charge in [0.15, 0.2) is 0 Å². The first kappa shape index (κ1) is 11.2. The second-order valence-electron chi connectivity index (χ2n) is 4.27. The Hall–Kier alpha value is -1.95. The van der Waals surface area contributed by atoms with Crippen LogP contribution in [0.3, 0.4) is 0 Å². The summed E-state index contributed by atoms with van der Waals surface area (Å²) in [6, 6.07) is 9.82. The predicted molar refractivity (Wildman–Crippen MR) is 66.6 cm³/mol. The molecule has 1 unspecified atom stereocenters. The number of aromatic nitrogens is 4. The standard InChI is InChI=1S/C12H15N5O/c1-2-5-10(6-3-1)17-12(14-15-16-17)13-9-11-7-4-8-18-11/h1-3,5-6,11H,4,7-9H2,(H,13,14,16). The number of hydrogen-bond donors (Lipinski definition) is 1. The maximum absolute atomic E-state index is 5.56. The van der Waals surface area contributed by atoms with Crippen LogP contribution in [-0.4, -0.2) is 39.5 Å². The molecule has 1 aromatic carbocycles. The Balaban J connectivity index is 1.71. The second-order valence-corrected chi connectivity index (χ2v) is 4.27. The lowest BCUT2D eigenvalue weighted by molar-refractivity contribution is 0.120. The molecule has 1 aliphatic heterocycles. The van der Waals surface area contributed by atoms with Gasteiger partial charge in [0.25, 0.3) is 0 Å². The van der Waals surface area contributed by atoms with E-state index in [1.807, 2.05) is 30.3 Å². The van der Waals surface area contributed by atoms with Gasteiger partial charge in [-0.2, -0.15) is 4.68 Å². The zero-order chi connectivity index (χ0) is 12.2. The number of benzene rings is 1. The van der Waals surface area contributed by atoms with E-state index in [1.165, 1.54) is 0 Å². The van der Waals surface area contributed by atoms with Crippen molar-refractivity contribution in [2.45, 2.75) is 18.9 Å². The molecule has 2 aromatic rings. The molecule has 2 heterocycles. The molecule has 1 fully saturated rings. The van der Waals surface area contributed by atoms with Gasteiger partial charge in [-0.15, -0.1) is 0 Å². The lowest BCUT2D eigenvalue weighted by Crippen LogP contribution is -2.20. The van der Waals surface area contributed by atoms with Crippen molar-refractivity contribution in [1.82, 2.24) is 20.2 Å². The van der Waals surface area contributed by atoms with Crippen LogP contribution in [0.5, 0.6) is 0 Å². The molecule has 0 aliphatic carbocycles. The number of nitrogens with zero attached hydrogens (tertiary/aromatic N) is 4. The quantitative estimate of drug-likeness (QED) is 0.878. The third-order valence-electron chi connectivity index (χ3n) is 2.98. The van der Waals surface area contributed by atoms with E-state index in [0.717, 1.165) is 31.7 Å². The lowest BCUT2D eigenvalue weighted by atomic mass is 10.2. The summed E-state index contributed by atoms with van der Waals surface area (Å²) in [6.07, 6.45) is 2.50. The Bertz CT molecular complexity index is 492. The summed E-state index contributed by atoms with van der Waals surface area (Å²) >= 11 is 0. The van der Waals surface area contributed by atoms with E-state index in [1.54, 1.807) is 4.68 Å². The number of ether oxygens (including phenoxy) is 1. The maximum Gasteiger partial charge on any atom is 0.247 e. The van der Waals surface area contributed by atoms with Crippen LogP contribution < -0.4 is 5.32 Å². The van der Waals surface area contributed by atoms with Gasteiger partial charge in [0.2, 0.25) is 5.95 Å². The van der Waals surface area contributed by atoms with E-state index < -0.39 is 0 Å². The topological polar surface area (TPSA) is 64.9 Å². The number of tetrazole rings is 1. The average molecular weight is 245 g/mol. The summed E-state index contributed by atoms with van der Waals surface area (Å²) in [7, 11) is 0. The fraction of sp³-hybridized carbons (Fsp3) is 0.417. The molecular weight excluding hydrogens is 230 g/mol. The number of anilines is 1. The minimum atomic E-state index is 0.269. The Morgan fingerprint density at radius 3 is 3.00 bits per heavy atom. The Kier molecular flexibility index (Phi) is 3.18. The molecule has 94 valence electrons. The molecule has 6 heteroatoms. The molecule has 0 bridgehead atoms. The minimum absolute atomic E-state index is 0.269. The van der Waals surface area contributed by atoms with Gasteiger partial charge >= 0.3 is 0 Å². The fourth-order valence-corrected chi connectivity index (χ4v) is 2.05. The van der Waals surface area contributed by atoms with Gasteiger partial charge in [0.05, 0.1) is 11.8 Å². The molecule has 1 aromatic heterocycles. The third kappa shape index (κ3) is 2.33. The van der Waals surface area contributed by atoms with Crippen molar-refractivity contribution < 1.29 is 4.74 Å². The zero-order valence-corrected chi connectivity index (χ0v) is 9.99. The van der Waals surface area contributed by atoms with Crippen molar-refractivity contribution in [3.63, 3.8) is 0 Å². The van der Waals surface area contributed by atoms with Crippen LogP contribution in [0.15, 0.2) is 30.3 Å². The smallest absolute Gasteiger partial charge is 0.247 e. The first-order chi connectivity index (χ1) is 8.93. The molecule has 0 amide bonds. The normalized spacial score (nSPS) is 19.0. The Morgan fingerprint density at radius 1 is 1.33 bits per heavy atom. The average Bonchev–Trinajstić information content (AvgIpc) is 3.09. The molecule has 1 aliphatic rings. The molecule has 18 heavy (non-hydrogen) atoms. The fourth-order valence-electron chi connectivity index (χ4n) is 2.05. The van der Waals surface area contributed by atoms with E-state index in [-0.39, 0.29) is 6.10 Å². The van der Waals surface area contributed by atoms with Crippen LogP contribution in [0.25, 0.3) is 5.69 Å². The summed E-state index contributed by atoms with van der Waals surface area (Å²) in [6.45, 7) is 1.60. The zero-order valence-electron chi connectivity index (χ0n) is 9.99. The highest BCUT2D eigenvalue weighted by Crippen LogP contribution is 2.14. The van der Waals surface area contributed by atoms with Crippen molar-refractivity contribution in [3.05, 3.63) is 30.3 Å². The summed E-state index contributed by atoms with van der Waals surface area (Å²) < 4.78 is 7.25. The number of hydrogen-bond acceptors (Lipinski definition) is 5. The second kappa shape index (κ2) is 5.14. The third-order valence-corrected chi connectivity index (χ3v) is 2.98. The minimum Gasteiger partial charge on any atom is -0.376 e. The largest absolute Gasteiger partial charge is 0.376 e. The van der Waals surface area contributed by atoms with Crippen LogP contribution in [0.2, 0.25) is 0 Å². The number of nitrogens with one attached hydrogen (secondary N) is 1. The van der Waals surface area contributed by atoms with Crippen LogP contribution in [0.4, 0.5) is 5.95 Å². The van der Waals surface area contributed by atoms with Gasteiger partial charge in [0.1, 0.15) is 0 Å². The highest BCUT2D eigenvalue weighted by molar-refractivity contribution is 5.38. The van der Waals surface area contributed by atoms with Gasteiger partial charge in [-0.25, -0.2) is 0 Å². The van der Waals surface area contributed by atoms with Crippen LogP contribution in [0, 0.1) is 0 Å². The maximum atomic E-state index is 5.56. The first-order valence-corrected chi connectivity index (χ1v) is 6.13. The van der Waals surface area contributed by atoms with Crippen LogP contribution in [0.1, 0.15) is 12.8 Å². The summed E-state index contributed by atoms with van der Waals surface area (Å²) in [5, 5.41) is 14.9. The highest BCUT2D eigenvalue weighted by Gasteiger charge is 2.16.